The first-order valence-corrected chi connectivity index (χ1v) is 19.7. The Morgan fingerprint density at radius 2 is 0.719 bits per heavy atom. The summed E-state index contributed by atoms with van der Waals surface area (Å²) in [4.78, 5) is 0. The van der Waals surface area contributed by atoms with E-state index in [0.29, 0.717) is 0 Å². The number of hydrogen-bond acceptors (Lipinski definition) is 1. The van der Waals surface area contributed by atoms with Crippen molar-refractivity contribution in [3.8, 4) is 44.5 Å². The first-order valence-electron chi connectivity index (χ1n) is 19.7. The van der Waals surface area contributed by atoms with Crippen LogP contribution in [-0.4, -0.2) is 0 Å². The molecule has 0 fully saturated rings. The molecule has 0 saturated heterocycles. The van der Waals surface area contributed by atoms with Gasteiger partial charge < -0.3 is 4.42 Å². The zero-order valence-corrected chi connectivity index (χ0v) is 31.0. The van der Waals surface area contributed by atoms with E-state index in [-0.39, 0.29) is 0 Å². The Kier molecular flexibility index (Phi) is 7.00. The maximum absolute atomic E-state index is 6.65. The van der Waals surface area contributed by atoms with Gasteiger partial charge in [-0.1, -0.05) is 182 Å². The van der Waals surface area contributed by atoms with Gasteiger partial charge >= 0.3 is 0 Å². The van der Waals surface area contributed by atoms with E-state index >= 15 is 0 Å². The van der Waals surface area contributed by atoms with Crippen LogP contribution in [0.3, 0.4) is 0 Å². The highest BCUT2D eigenvalue weighted by Gasteiger charge is 2.19. The van der Waals surface area contributed by atoms with Crippen LogP contribution in [0.1, 0.15) is 0 Å². The Labute approximate surface area is 329 Å². The van der Waals surface area contributed by atoms with Crippen LogP contribution >= 0.6 is 0 Å². The molecule has 0 unspecified atom stereocenters. The van der Waals surface area contributed by atoms with Gasteiger partial charge in [0.1, 0.15) is 11.2 Å². The molecule has 0 aliphatic carbocycles. The highest BCUT2D eigenvalue weighted by Crippen LogP contribution is 2.46. The second-order valence-corrected chi connectivity index (χ2v) is 15.2. The molecule has 0 spiro atoms. The van der Waals surface area contributed by atoms with Gasteiger partial charge in [0.15, 0.2) is 0 Å². The van der Waals surface area contributed by atoms with Crippen molar-refractivity contribution in [3.63, 3.8) is 0 Å². The highest BCUT2D eigenvalue weighted by molar-refractivity contribution is 6.30. The van der Waals surface area contributed by atoms with Crippen LogP contribution in [-0.2, 0) is 0 Å². The maximum Gasteiger partial charge on any atom is 0.143 e. The third-order valence-electron chi connectivity index (χ3n) is 12.0. The Balaban J connectivity index is 1.01. The standard InChI is InChI=1S/C56H34O/c1-2-13-38-32-40(29-26-35(38)12-1)36-24-27-37(28-25-36)53-46-19-6-8-21-48(46)54(49-22-9-7-20-47(49)53)42-15-11-14-39(33-42)41-30-31-52-51(34-41)55-45-18-5-3-16-43(45)44-17-4-10-23-50(44)56(55)57-52/h1-34H. The summed E-state index contributed by atoms with van der Waals surface area (Å²) in [5.74, 6) is 0. The van der Waals surface area contributed by atoms with Gasteiger partial charge in [-0.2, -0.15) is 0 Å². The maximum atomic E-state index is 6.65. The lowest BCUT2D eigenvalue weighted by Gasteiger charge is -2.18. The molecule has 1 heteroatoms. The summed E-state index contributed by atoms with van der Waals surface area (Å²) in [6, 6.07) is 75.3. The molecule has 0 bridgehead atoms. The summed E-state index contributed by atoms with van der Waals surface area (Å²) in [7, 11) is 0. The van der Waals surface area contributed by atoms with Gasteiger partial charge in [-0.05, 0) is 117 Å². The average molecular weight is 723 g/mol. The van der Waals surface area contributed by atoms with Gasteiger partial charge in [0.05, 0.1) is 0 Å². The normalized spacial score (nSPS) is 11.9. The molecule has 1 aromatic heterocycles. The summed E-state index contributed by atoms with van der Waals surface area (Å²) in [6.45, 7) is 0. The summed E-state index contributed by atoms with van der Waals surface area (Å²) >= 11 is 0. The second kappa shape index (κ2) is 12.5. The van der Waals surface area contributed by atoms with Gasteiger partial charge in [0, 0.05) is 16.2 Å². The van der Waals surface area contributed by atoms with Crippen LogP contribution in [0.5, 0.6) is 0 Å². The summed E-state index contributed by atoms with van der Waals surface area (Å²) in [5.41, 5.74) is 11.6. The minimum atomic E-state index is 0.907. The highest BCUT2D eigenvalue weighted by atomic mass is 16.3. The molecule has 57 heavy (non-hydrogen) atoms. The lowest BCUT2D eigenvalue weighted by molar-refractivity contribution is 0.673. The molecule has 11 aromatic carbocycles. The molecule has 0 aliphatic rings. The van der Waals surface area contributed by atoms with Gasteiger partial charge in [-0.15, -0.1) is 0 Å². The zero-order chi connectivity index (χ0) is 37.5. The van der Waals surface area contributed by atoms with E-state index in [4.69, 9.17) is 4.42 Å². The van der Waals surface area contributed by atoms with E-state index in [1.807, 2.05) is 0 Å². The van der Waals surface area contributed by atoms with E-state index in [0.717, 1.165) is 21.9 Å². The van der Waals surface area contributed by atoms with Crippen molar-refractivity contribution in [2.45, 2.75) is 0 Å². The number of benzene rings is 11. The van der Waals surface area contributed by atoms with E-state index < -0.39 is 0 Å². The van der Waals surface area contributed by atoms with Gasteiger partial charge in [0.2, 0.25) is 0 Å². The van der Waals surface area contributed by atoms with E-state index in [1.165, 1.54) is 98.4 Å². The molecule has 0 saturated carbocycles. The van der Waals surface area contributed by atoms with Gasteiger partial charge in [-0.25, -0.2) is 0 Å². The van der Waals surface area contributed by atoms with Crippen LogP contribution in [0, 0.1) is 0 Å². The lowest BCUT2D eigenvalue weighted by atomic mass is 9.85. The molecule has 0 amide bonds. The Morgan fingerprint density at radius 3 is 1.42 bits per heavy atom. The van der Waals surface area contributed by atoms with E-state index in [2.05, 4.69) is 206 Å². The van der Waals surface area contributed by atoms with Gasteiger partial charge in [-0.3, -0.25) is 0 Å². The molecule has 1 heterocycles. The van der Waals surface area contributed by atoms with E-state index in [9.17, 15) is 0 Å². The SMILES string of the molecule is c1cc(-c2ccc3oc4c5ccccc5c5ccccc5c4c3c2)cc(-c2c3ccccc3c(-c3ccc(-c4ccc5ccccc5c4)cc3)c3ccccc23)c1. The third-order valence-corrected chi connectivity index (χ3v) is 12.0. The van der Waals surface area contributed by atoms with Crippen molar-refractivity contribution in [1.82, 2.24) is 0 Å². The summed E-state index contributed by atoms with van der Waals surface area (Å²) in [6.07, 6.45) is 0. The van der Waals surface area contributed by atoms with E-state index in [1.54, 1.807) is 0 Å². The molecular weight excluding hydrogens is 689 g/mol. The van der Waals surface area contributed by atoms with Crippen LogP contribution in [0.25, 0.3) is 120 Å². The molecule has 264 valence electrons. The summed E-state index contributed by atoms with van der Waals surface area (Å²) < 4.78 is 6.65. The fraction of sp³-hybridized carbons (Fsp3) is 0. The Hall–Kier alpha value is -7.48. The molecule has 0 radical (unpaired) electrons. The first kappa shape index (κ1) is 31.8. The van der Waals surface area contributed by atoms with Crippen LogP contribution in [0.4, 0.5) is 0 Å². The minimum absolute atomic E-state index is 0.907. The quantitative estimate of drug-likeness (QED) is 0.130. The van der Waals surface area contributed by atoms with Crippen molar-refractivity contribution in [2.24, 2.45) is 0 Å². The third kappa shape index (κ3) is 4.96. The largest absolute Gasteiger partial charge is 0.455 e. The fourth-order valence-corrected chi connectivity index (χ4v) is 9.39. The number of furan rings is 1. The zero-order valence-electron chi connectivity index (χ0n) is 31.0. The lowest BCUT2D eigenvalue weighted by Crippen LogP contribution is -1.91. The minimum Gasteiger partial charge on any atom is -0.455 e. The van der Waals surface area contributed by atoms with Crippen molar-refractivity contribution >= 4 is 75.8 Å². The summed E-state index contributed by atoms with van der Waals surface area (Å²) in [5, 5.41) is 14.7. The molecule has 1 nitrogen and oxygen atoms in total. The van der Waals surface area contributed by atoms with Gasteiger partial charge in [0.25, 0.3) is 0 Å². The van der Waals surface area contributed by atoms with Crippen molar-refractivity contribution in [1.29, 1.82) is 0 Å². The molecule has 0 N–H and O–H groups in total. The second-order valence-electron chi connectivity index (χ2n) is 15.2. The fourth-order valence-electron chi connectivity index (χ4n) is 9.39. The molecular formula is C56H34O. The topological polar surface area (TPSA) is 13.1 Å². The molecule has 12 aromatic rings. The first-order chi connectivity index (χ1) is 28.3. The van der Waals surface area contributed by atoms with Crippen LogP contribution in [0.15, 0.2) is 211 Å². The Morgan fingerprint density at radius 1 is 0.246 bits per heavy atom. The number of hydrogen-bond donors (Lipinski definition) is 0. The van der Waals surface area contributed by atoms with Crippen molar-refractivity contribution in [2.75, 3.05) is 0 Å². The predicted molar refractivity (Wildman–Crippen MR) is 243 cm³/mol. The molecule has 12 rings (SSSR count). The smallest absolute Gasteiger partial charge is 0.143 e. The van der Waals surface area contributed by atoms with Crippen molar-refractivity contribution < 1.29 is 4.42 Å². The van der Waals surface area contributed by atoms with Crippen LogP contribution in [0.2, 0.25) is 0 Å². The molecule has 0 atom stereocenters. The Bertz CT molecular complexity index is 3510. The average Bonchev–Trinajstić information content (AvgIpc) is 3.68. The molecule has 0 aliphatic heterocycles. The van der Waals surface area contributed by atoms with Crippen LogP contribution < -0.4 is 0 Å². The number of fused-ring (bicyclic) bond motifs is 11. The predicted octanol–water partition coefficient (Wildman–Crippen LogP) is 16.0. The van der Waals surface area contributed by atoms with Crippen molar-refractivity contribution in [3.05, 3.63) is 206 Å². The number of rotatable bonds is 4. The monoisotopic (exact) mass is 722 g/mol.